The number of nitrogens with two attached hydrogens (primary N) is 1. The molecule has 3 heteroatoms. The third-order valence-electron chi connectivity index (χ3n) is 2.85. The average Bonchev–Trinajstić information content (AvgIpc) is 2.26. The van der Waals surface area contributed by atoms with E-state index in [1.807, 2.05) is 24.9 Å². The minimum Gasteiger partial charge on any atom is -0.328 e. The van der Waals surface area contributed by atoms with Crippen molar-refractivity contribution in [3.63, 3.8) is 0 Å². The fourth-order valence-electron chi connectivity index (χ4n) is 1.59. The first kappa shape index (κ1) is 14.5. The maximum Gasteiger partial charge on any atom is 0.0989 e. The summed E-state index contributed by atoms with van der Waals surface area (Å²) in [5.41, 5.74) is 8.31. The molecular weight excluding hydrogens is 228 g/mol. The summed E-state index contributed by atoms with van der Waals surface area (Å²) in [6.07, 6.45) is 4.11. The molecule has 2 atom stereocenters. The van der Waals surface area contributed by atoms with Crippen LogP contribution in [0.15, 0.2) is 17.3 Å². The second-order valence-electron chi connectivity index (χ2n) is 4.97. The molecule has 17 heavy (non-hydrogen) atoms. The van der Waals surface area contributed by atoms with Crippen molar-refractivity contribution < 1.29 is 0 Å². The van der Waals surface area contributed by atoms with Crippen LogP contribution in [0.5, 0.6) is 0 Å². The van der Waals surface area contributed by atoms with Crippen LogP contribution < -0.4 is 5.73 Å². The molecule has 1 rings (SSSR count). The molecule has 1 aromatic heterocycles. The predicted molar refractivity (Wildman–Crippen MR) is 76.5 cm³/mol. The Balaban J connectivity index is 2.63. The van der Waals surface area contributed by atoms with E-state index in [1.165, 1.54) is 22.6 Å². The maximum absolute atomic E-state index is 5.80. The number of pyridine rings is 1. The highest BCUT2D eigenvalue weighted by atomic mass is 32.2. The van der Waals surface area contributed by atoms with E-state index >= 15 is 0 Å². The predicted octanol–water partition coefficient (Wildman–Crippen LogP) is 3.42. The maximum atomic E-state index is 5.80. The zero-order valence-corrected chi connectivity index (χ0v) is 12.2. The Bertz CT molecular complexity index is 350. The van der Waals surface area contributed by atoms with E-state index in [0.29, 0.717) is 0 Å². The Kier molecular flexibility index (Phi) is 6.00. The topological polar surface area (TPSA) is 38.9 Å². The molecule has 0 aliphatic rings. The van der Waals surface area contributed by atoms with Gasteiger partial charge in [0.25, 0.3) is 0 Å². The summed E-state index contributed by atoms with van der Waals surface area (Å²) >= 11 is 1.86. The van der Waals surface area contributed by atoms with Crippen LogP contribution in [0, 0.1) is 12.8 Å². The summed E-state index contributed by atoms with van der Waals surface area (Å²) in [6.45, 7) is 8.68. The molecule has 1 aromatic rings. The quantitative estimate of drug-likeness (QED) is 0.789. The molecule has 0 bridgehead atoms. The summed E-state index contributed by atoms with van der Waals surface area (Å²) in [7, 11) is 0. The van der Waals surface area contributed by atoms with Gasteiger partial charge in [0.15, 0.2) is 0 Å². The largest absolute Gasteiger partial charge is 0.328 e. The highest BCUT2D eigenvalue weighted by Gasteiger charge is 2.06. The van der Waals surface area contributed by atoms with Crippen LogP contribution in [-0.4, -0.2) is 16.8 Å². The first-order chi connectivity index (χ1) is 8.02. The smallest absolute Gasteiger partial charge is 0.0989 e. The van der Waals surface area contributed by atoms with Gasteiger partial charge in [-0.05, 0) is 37.3 Å². The fourth-order valence-corrected chi connectivity index (χ4v) is 2.69. The Morgan fingerprint density at radius 2 is 2.12 bits per heavy atom. The van der Waals surface area contributed by atoms with E-state index < -0.39 is 0 Å². The molecule has 96 valence electrons. The fraction of sp³-hybridized carbons (Fsp3) is 0.643. The summed E-state index contributed by atoms with van der Waals surface area (Å²) in [6, 6.07) is 2.42. The van der Waals surface area contributed by atoms with Gasteiger partial charge in [0.1, 0.15) is 0 Å². The Labute approximate surface area is 109 Å². The van der Waals surface area contributed by atoms with Gasteiger partial charge in [0.2, 0.25) is 0 Å². The number of aromatic nitrogens is 1. The van der Waals surface area contributed by atoms with E-state index in [2.05, 4.69) is 31.8 Å². The van der Waals surface area contributed by atoms with Crippen molar-refractivity contribution in [3.05, 3.63) is 23.4 Å². The second-order valence-corrected chi connectivity index (χ2v) is 5.98. The first-order valence-corrected chi connectivity index (χ1v) is 7.35. The molecule has 0 saturated heterocycles. The van der Waals surface area contributed by atoms with E-state index in [0.717, 1.165) is 18.1 Å². The lowest BCUT2D eigenvalue weighted by atomic mass is 10.1. The van der Waals surface area contributed by atoms with Crippen LogP contribution >= 0.6 is 11.8 Å². The number of rotatable bonds is 6. The van der Waals surface area contributed by atoms with Crippen LogP contribution in [0.1, 0.15) is 38.3 Å². The number of aryl methyl sites for hydroxylation is 1. The molecule has 0 aromatic carbocycles. The molecule has 0 spiro atoms. The molecule has 2 N–H and O–H groups in total. The van der Waals surface area contributed by atoms with Crippen LogP contribution in [0.25, 0.3) is 0 Å². The monoisotopic (exact) mass is 252 g/mol. The minimum absolute atomic E-state index is 0.204. The van der Waals surface area contributed by atoms with Crippen molar-refractivity contribution in [3.8, 4) is 0 Å². The van der Waals surface area contributed by atoms with Crippen LogP contribution in [-0.2, 0) is 6.42 Å². The van der Waals surface area contributed by atoms with Gasteiger partial charge in [-0.2, -0.15) is 0 Å². The molecule has 0 aliphatic carbocycles. The van der Waals surface area contributed by atoms with Gasteiger partial charge in [-0.25, -0.2) is 4.98 Å². The van der Waals surface area contributed by atoms with E-state index in [9.17, 15) is 0 Å². The van der Waals surface area contributed by atoms with Crippen molar-refractivity contribution in [2.75, 3.05) is 5.75 Å². The van der Waals surface area contributed by atoms with Gasteiger partial charge in [-0.3, -0.25) is 0 Å². The zero-order chi connectivity index (χ0) is 12.8. The minimum atomic E-state index is 0.204. The number of nitrogens with zero attached hydrogens (tertiary/aromatic N) is 1. The van der Waals surface area contributed by atoms with Gasteiger partial charge in [0.05, 0.1) is 5.03 Å². The van der Waals surface area contributed by atoms with Crippen molar-refractivity contribution in [1.82, 2.24) is 4.98 Å². The normalized spacial score (nSPS) is 14.6. The van der Waals surface area contributed by atoms with Crippen LogP contribution in [0.3, 0.4) is 0 Å². The Morgan fingerprint density at radius 3 is 2.65 bits per heavy atom. The molecule has 1 heterocycles. The number of hydrogen-bond acceptors (Lipinski definition) is 3. The summed E-state index contributed by atoms with van der Waals surface area (Å²) < 4.78 is 0. The van der Waals surface area contributed by atoms with Crippen LogP contribution in [0.2, 0.25) is 0 Å². The average molecular weight is 252 g/mol. The summed E-state index contributed by atoms with van der Waals surface area (Å²) in [5, 5.41) is 1.17. The standard InChI is InChI=1S/C14H24N2S/c1-5-10(2)9-17-14-11(3)6-13(8-16-14)7-12(4)15/h6,8,10,12H,5,7,9,15H2,1-4H3. The van der Waals surface area contributed by atoms with Gasteiger partial charge in [0, 0.05) is 18.0 Å². The Hall–Kier alpha value is -0.540. The first-order valence-electron chi connectivity index (χ1n) is 6.36. The molecule has 0 amide bonds. The number of hydrogen-bond donors (Lipinski definition) is 1. The molecule has 2 unspecified atom stereocenters. The second kappa shape index (κ2) is 7.02. The van der Waals surface area contributed by atoms with Crippen molar-refractivity contribution in [1.29, 1.82) is 0 Å². The molecule has 0 radical (unpaired) electrons. The van der Waals surface area contributed by atoms with Gasteiger partial charge >= 0.3 is 0 Å². The molecular formula is C14H24N2S. The lowest BCUT2D eigenvalue weighted by molar-refractivity contribution is 0.636. The molecule has 2 nitrogen and oxygen atoms in total. The Morgan fingerprint density at radius 1 is 1.41 bits per heavy atom. The van der Waals surface area contributed by atoms with Crippen molar-refractivity contribution in [2.45, 2.75) is 51.6 Å². The van der Waals surface area contributed by atoms with Gasteiger partial charge in [-0.15, -0.1) is 11.8 Å². The van der Waals surface area contributed by atoms with E-state index in [1.54, 1.807) is 0 Å². The third-order valence-corrected chi connectivity index (χ3v) is 4.28. The summed E-state index contributed by atoms with van der Waals surface area (Å²) in [4.78, 5) is 4.54. The zero-order valence-electron chi connectivity index (χ0n) is 11.4. The van der Waals surface area contributed by atoms with Gasteiger partial charge < -0.3 is 5.73 Å². The third kappa shape index (κ3) is 5.09. The van der Waals surface area contributed by atoms with Gasteiger partial charge in [-0.1, -0.05) is 26.3 Å². The SMILES string of the molecule is CCC(C)CSc1ncc(CC(C)N)cc1C. The highest BCUT2D eigenvalue weighted by Crippen LogP contribution is 2.23. The van der Waals surface area contributed by atoms with Crippen molar-refractivity contribution >= 4 is 11.8 Å². The van der Waals surface area contributed by atoms with Crippen molar-refractivity contribution in [2.24, 2.45) is 11.7 Å². The van der Waals surface area contributed by atoms with Crippen LogP contribution in [0.4, 0.5) is 0 Å². The summed E-state index contributed by atoms with van der Waals surface area (Å²) in [5.74, 6) is 1.90. The molecule has 0 saturated carbocycles. The molecule has 0 fully saturated rings. The van der Waals surface area contributed by atoms with E-state index in [4.69, 9.17) is 5.73 Å². The van der Waals surface area contributed by atoms with E-state index in [-0.39, 0.29) is 6.04 Å². The number of thioether (sulfide) groups is 1. The molecule has 0 aliphatic heterocycles. The lowest BCUT2D eigenvalue weighted by Gasteiger charge is -2.11. The lowest BCUT2D eigenvalue weighted by Crippen LogP contribution is -2.18. The highest BCUT2D eigenvalue weighted by molar-refractivity contribution is 7.99.